The minimum atomic E-state index is -0.956. The zero-order valence-corrected chi connectivity index (χ0v) is 12.6. The second-order valence-corrected chi connectivity index (χ2v) is 4.94. The van der Waals surface area contributed by atoms with Crippen LogP contribution >= 0.6 is 0 Å². The lowest BCUT2D eigenvalue weighted by Crippen LogP contribution is -2.08. The van der Waals surface area contributed by atoms with E-state index in [9.17, 15) is 13.9 Å². The summed E-state index contributed by atoms with van der Waals surface area (Å²) in [6.07, 6.45) is 1.56. The van der Waals surface area contributed by atoms with Crippen molar-refractivity contribution >= 4 is 0 Å². The topological polar surface area (TPSA) is 86.0 Å². The van der Waals surface area contributed by atoms with E-state index < -0.39 is 11.6 Å². The number of methoxy groups -OCH3 is 1. The van der Waals surface area contributed by atoms with Crippen LogP contribution in [0.5, 0.6) is 5.88 Å². The zero-order chi connectivity index (χ0) is 17.1. The quantitative estimate of drug-likeness (QED) is 0.763. The third kappa shape index (κ3) is 3.06. The van der Waals surface area contributed by atoms with Gasteiger partial charge in [-0.05, 0) is 39.8 Å². The lowest BCUT2D eigenvalue weighted by Gasteiger charge is -2.11. The first-order valence-electron chi connectivity index (χ1n) is 6.96. The van der Waals surface area contributed by atoms with E-state index in [4.69, 9.17) is 4.74 Å². The molecule has 1 aromatic carbocycles. The summed E-state index contributed by atoms with van der Waals surface area (Å²) in [6.45, 7) is -0.0385. The number of tetrazole rings is 1. The molecule has 0 unspecified atom stereocenters. The monoisotopic (exact) mass is 333 g/mol. The molecule has 3 rings (SSSR count). The van der Waals surface area contributed by atoms with E-state index in [1.807, 2.05) is 0 Å². The molecule has 2 aromatic heterocycles. The summed E-state index contributed by atoms with van der Waals surface area (Å²) in [5.41, 5.74) is 1.64. The molecule has 0 radical (unpaired) electrons. The molecule has 24 heavy (non-hydrogen) atoms. The highest BCUT2D eigenvalue weighted by Gasteiger charge is 2.13. The second-order valence-electron chi connectivity index (χ2n) is 4.94. The SMILES string of the molecule is COc1ncc(Cn2nnnc2CO)cc1-c1ccc(F)c(F)c1. The Morgan fingerprint density at radius 2 is 2.04 bits per heavy atom. The van der Waals surface area contributed by atoms with Crippen molar-refractivity contribution in [1.82, 2.24) is 25.2 Å². The summed E-state index contributed by atoms with van der Waals surface area (Å²) >= 11 is 0. The van der Waals surface area contributed by atoms with Gasteiger partial charge in [0.05, 0.1) is 13.7 Å². The Balaban J connectivity index is 2.00. The van der Waals surface area contributed by atoms with Gasteiger partial charge in [-0.2, -0.15) is 0 Å². The van der Waals surface area contributed by atoms with Crippen LogP contribution in [-0.2, 0) is 13.2 Å². The summed E-state index contributed by atoms with van der Waals surface area (Å²) in [6, 6.07) is 5.29. The first-order valence-corrected chi connectivity index (χ1v) is 6.96. The van der Waals surface area contributed by atoms with Gasteiger partial charge in [0.1, 0.15) is 6.61 Å². The number of aliphatic hydroxyl groups excluding tert-OH is 1. The molecule has 0 bridgehead atoms. The Bertz CT molecular complexity index is 869. The van der Waals surface area contributed by atoms with E-state index in [1.54, 1.807) is 12.3 Å². The lowest BCUT2D eigenvalue weighted by molar-refractivity contribution is 0.263. The van der Waals surface area contributed by atoms with Crippen molar-refractivity contribution in [2.45, 2.75) is 13.2 Å². The molecule has 0 saturated heterocycles. The zero-order valence-electron chi connectivity index (χ0n) is 12.6. The Morgan fingerprint density at radius 1 is 1.21 bits per heavy atom. The van der Waals surface area contributed by atoms with Gasteiger partial charge in [-0.25, -0.2) is 18.4 Å². The molecular formula is C15H13F2N5O2. The molecule has 9 heteroatoms. The third-order valence-corrected chi connectivity index (χ3v) is 3.41. The third-order valence-electron chi connectivity index (χ3n) is 3.41. The van der Waals surface area contributed by atoms with E-state index in [0.717, 1.165) is 12.1 Å². The number of ether oxygens (including phenoxy) is 1. The molecule has 0 amide bonds. The highest BCUT2D eigenvalue weighted by atomic mass is 19.2. The minimum absolute atomic E-state index is 0.260. The van der Waals surface area contributed by atoms with E-state index in [-0.39, 0.29) is 19.0 Å². The van der Waals surface area contributed by atoms with Crippen LogP contribution in [0, 0.1) is 11.6 Å². The maximum Gasteiger partial charge on any atom is 0.221 e. The average Bonchev–Trinajstić information content (AvgIpc) is 3.04. The van der Waals surface area contributed by atoms with Crippen molar-refractivity contribution in [1.29, 1.82) is 0 Å². The Labute approximate surface area is 135 Å². The van der Waals surface area contributed by atoms with Crippen LogP contribution in [-0.4, -0.2) is 37.4 Å². The van der Waals surface area contributed by atoms with Crippen molar-refractivity contribution in [3.63, 3.8) is 0 Å². The molecule has 124 valence electrons. The molecule has 0 atom stereocenters. The smallest absolute Gasteiger partial charge is 0.221 e. The molecule has 7 nitrogen and oxygen atoms in total. The molecular weight excluding hydrogens is 320 g/mol. The Kier molecular flexibility index (Phi) is 4.43. The maximum atomic E-state index is 13.5. The van der Waals surface area contributed by atoms with Gasteiger partial charge in [-0.15, -0.1) is 5.10 Å². The van der Waals surface area contributed by atoms with Gasteiger partial charge in [0.15, 0.2) is 17.5 Å². The number of aliphatic hydroxyl groups is 1. The van der Waals surface area contributed by atoms with E-state index in [0.29, 0.717) is 22.5 Å². The first-order chi connectivity index (χ1) is 11.6. The number of hydrogen-bond donors (Lipinski definition) is 1. The second kappa shape index (κ2) is 6.67. The maximum absolute atomic E-state index is 13.5. The van der Waals surface area contributed by atoms with Crippen LogP contribution in [0.3, 0.4) is 0 Å². The van der Waals surface area contributed by atoms with Crippen LogP contribution in [0.15, 0.2) is 30.5 Å². The summed E-state index contributed by atoms with van der Waals surface area (Å²) in [7, 11) is 1.44. The van der Waals surface area contributed by atoms with E-state index in [2.05, 4.69) is 20.5 Å². The molecule has 2 heterocycles. The van der Waals surface area contributed by atoms with Crippen LogP contribution < -0.4 is 4.74 Å². The molecule has 1 N–H and O–H groups in total. The summed E-state index contributed by atoms with van der Waals surface area (Å²) < 4.78 is 33.3. The van der Waals surface area contributed by atoms with Crippen molar-refractivity contribution in [3.05, 3.63) is 53.5 Å². The standard InChI is InChI=1S/C15H13F2N5O2/c1-24-15-11(10-2-3-12(16)13(17)5-10)4-9(6-18-15)7-22-14(8-23)19-20-21-22/h2-6,23H,7-8H2,1H3. The van der Waals surface area contributed by atoms with E-state index in [1.165, 1.54) is 17.9 Å². The van der Waals surface area contributed by atoms with E-state index >= 15 is 0 Å². The van der Waals surface area contributed by atoms with Gasteiger partial charge in [0, 0.05) is 11.8 Å². The van der Waals surface area contributed by atoms with Gasteiger partial charge in [0.25, 0.3) is 0 Å². The van der Waals surface area contributed by atoms with Crippen molar-refractivity contribution in [2.24, 2.45) is 0 Å². The molecule has 0 aliphatic rings. The first kappa shape index (κ1) is 15.9. The van der Waals surface area contributed by atoms with Crippen LogP contribution in [0.1, 0.15) is 11.4 Å². The van der Waals surface area contributed by atoms with Crippen molar-refractivity contribution in [3.8, 4) is 17.0 Å². The fourth-order valence-corrected chi connectivity index (χ4v) is 2.25. The molecule has 0 saturated carbocycles. The lowest BCUT2D eigenvalue weighted by atomic mass is 10.0. The summed E-state index contributed by atoms with van der Waals surface area (Å²) in [5.74, 6) is -1.30. The highest BCUT2D eigenvalue weighted by molar-refractivity contribution is 5.69. The van der Waals surface area contributed by atoms with Crippen LogP contribution in [0.2, 0.25) is 0 Å². The largest absolute Gasteiger partial charge is 0.481 e. The normalized spacial score (nSPS) is 10.8. The van der Waals surface area contributed by atoms with Gasteiger partial charge < -0.3 is 9.84 Å². The van der Waals surface area contributed by atoms with Crippen molar-refractivity contribution in [2.75, 3.05) is 7.11 Å². The summed E-state index contributed by atoms with van der Waals surface area (Å²) in [5, 5.41) is 20.1. The summed E-state index contributed by atoms with van der Waals surface area (Å²) in [4.78, 5) is 4.18. The number of nitrogens with zero attached hydrogens (tertiary/aromatic N) is 5. The Morgan fingerprint density at radius 3 is 2.75 bits per heavy atom. The van der Waals surface area contributed by atoms with Crippen molar-refractivity contribution < 1.29 is 18.6 Å². The number of halogens is 2. The molecule has 0 aliphatic carbocycles. The molecule has 0 aliphatic heterocycles. The van der Waals surface area contributed by atoms with Gasteiger partial charge in [0.2, 0.25) is 5.88 Å². The van der Waals surface area contributed by atoms with Crippen LogP contribution in [0.25, 0.3) is 11.1 Å². The van der Waals surface area contributed by atoms with Crippen LogP contribution in [0.4, 0.5) is 8.78 Å². The predicted molar refractivity (Wildman–Crippen MR) is 79.0 cm³/mol. The Hall–Kier alpha value is -2.94. The number of rotatable bonds is 5. The number of pyridine rings is 1. The average molecular weight is 333 g/mol. The fraction of sp³-hybridized carbons (Fsp3) is 0.200. The van der Waals surface area contributed by atoms with Gasteiger partial charge in [-0.3, -0.25) is 0 Å². The van der Waals surface area contributed by atoms with Gasteiger partial charge in [-0.1, -0.05) is 6.07 Å². The highest BCUT2D eigenvalue weighted by Crippen LogP contribution is 2.30. The van der Waals surface area contributed by atoms with Gasteiger partial charge >= 0.3 is 0 Å². The molecule has 3 aromatic rings. The molecule has 0 spiro atoms. The number of hydrogen-bond acceptors (Lipinski definition) is 6. The number of aromatic nitrogens is 5. The molecule has 0 fully saturated rings. The predicted octanol–water partition coefficient (Wildman–Crippen LogP) is 1.56. The minimum Gasteiger partial charge on any atom is -0.481 e. The fourth-order valence-electron chi connectivity index (χ4n) is 2.25. The number of benzene rings is 1.